The minimum absolute atomic E-state index is 0.213. The van der Waals surface area contributed by atoms with Crippen LogP contribution in [-0.2, 0) is 4.74 Å². The summed E-state index contributed by atoms with van der Waals surface area (Å²) >= 11 is 1.81. The maximum absolute atomic E-state index is 11.8. The molecule has 1 amide bonds. The number of thioether (sulfide) groups is 1. The number of likely N-dealkylation sites (tertiary alicyclic amines) is 1. The Kier molecular flexibility index (Phi) is 9.97. The number of methoxy groups -OCH3 is 1. The molecule has 0 bridgehead atoms. The average Bonchev–Trinajstić information content (AvgIpc) is 2.75. The second-order valence-corrected chi connectivity index (χ2v) is 8.19. The largest absolute Gasteiger partial charge is 0.496 e. The van der Waals surface area contributed by atoms with Crippen molar-refractivity contribution in [2.24, 2.45) is 10.9 Å². The number of amides is 1. The molecule has 1 atom stereocenters. The van der Waals surface area contributed by atoms with E-state index in [4.69, 9.17) is 9.47 Å². The Morgan fingerprint density at radius 3 is 2.72 bits per heavy atom. The molecule has 2 N–H and O–H groups in total. The van der Waals surface area contributed by atoms with Gasteiger partial charge in [0.25, 0.3) is 0 Å². The number of hydrogen-bond donors (Lipinski definition) is 2. The van der Waals surface area contributed by atoms with Gasteiger partial charge in [-0.3, -0.25) is 4.99 Å². The molecule has 0 saturated carbocycles. The van der Waals surface area contributed by atoms with Gasteiger partial charge in [-0.1, -0.05) is 19.1 Å². The number of guanidine groups is 1. The molecule has 1 heterocycles. The van der Waals surface area contributed by atoms with Crippen LogP contribution in [0.3, 0.4) is 0 Å². The van der Waals surface area contributed by atoms with Crippen molar-refractivity contribution >= 4 is 23.8 Å². The Balaban J connectivity index is 1.70. The van der Waals surface area contributed by atoms with Gasteiger partial charge in [-0.25, -0.2) is 4.79 Å². The third-order valence-electron chi connectivity index (χ3n) is 4.80. The summed E-state index contributed by atoms with van der Waals surface area (Å²) in [6.07, 6.45) is 1.56. The molecule has 0 aliphatic carbocycles. The number of hydrogen-bond acceptors (Lipinski definition) is 5. The van der Waals surface area contributed by atoms with Crippen LogP contribution in [0.5, 0.6) is 5.75 Å². The van der Waals surface area contributed by atoms with Crippen molar-refractivity contribution in [3.05, 3.63) is 24.3 Å². The van der Waals surface area contributed by atoms with Gasteiger partial charge in [0.1, 0.15) is 5.75 Å². The van der Waals surface area contributed by atoms with E-state index in [0.29, 0.717) is 31.7 Å². The van der Waals surface area contributed by atoms with Gasteiger partial charge in [-0.05, 0) is 37.8 Å². The standard InChI is InChI=1S/C21H34N4O3S/c1-5-28-21(26)25-12-10-17(11-13-25)24-20(22-3)23-14-16(2)15-29-19-9-7-6-8-18(19)27-4/h6-9,16-17H,5,10-15H2,1-4H3,(H2,22,23,24). The fraction of sp³-hybridized carbons (Fsp3) is 0.619. The van der Waals surface area contributed by atoms with Crippen molar-refractivity contribution < 1.29 is 14.3 Å². The first-order chi connectivity index (χ1) is 14.1. The number of nitrogens with one attached hydrogen (secondary N) is 2. The Bertz CT molecular complexity index is 663. The molecule has 2 rings (SSSR count). The molecule has 0 spiro atoms. The van der Waals surface area contributed by atoms with Crippen molar-refractivity contribution in [3.8, 4) is 5.75 Å². The van der Waals surface area contributed by atoms with Crippen LogP contribution in [0.2, 0.25) is 0 Å². The van der Waals surface area contributed by atoms with Crippen molar-refractivity contribution in [1.29, 1.82) is 0 Å². The van der Waals surface area contributed by atoms with Crippen LogP contribution in [0, 0.1) is 5.92 Å². The number of nitrogens with zero attached hydrogens (tertiary/aromatic N) is 2. The van der Waals surface area contributed by atoms with Gasteiger partial charge in [-0.15, -0.1) is 11.8 Å². The summed E-state index contributed by atoms with van der Waals surface area (Å²) in [6, 6.07) is 8.41. The smallest absolute Gasteiger partial charge is 0.409 e. The van der Waals surface area contributed by atoms with Gasteiger partial charge in [0.05, 0.1) is 13.7 Å². The Morgan fingerprint density at radius 2 is 2.07 bits per heavy atom. The van der Waals surface area contributed by atoms with E-state index < -0.39 is 0 Å². The first kappa shape index (κ1) is 23.2. The third-order valence-corrected chi connectivity index (χ3v) is 6.18. The van der Waals surface area contributed by atoms with E-state index in [9.17, 15) is 4.79 Å². The molecule has 8 heteroatoms. The lowest BCUT2D eigenvalue weighted by molar-refractivity contribution is 0.0963. The average molecular weight is 423 g/mol. The molecule has 7 nitrogen and oxygen atoms in total. The maximum atomic E-state index is 11.8. The minimum atomic E-state index is -0.213. The molecule has 1 unspecified atom stereocenters. The van der Waals surface area contributed by atoms with Crippen LogP contribution in [0.15, 0.2) is 34.2 Å². The molecule has 0 aromatic heterocycles. The number of rotatable bonds is 8. The lowest BCUT2D eigenvalue weighted by Crippen LogP contribution is -2.50. The summed E-state index contributed by atoms with van der Waals surface area (Å²) in [5.74, 6) is 3.19. The number of carbonyl (C=O) groups excluding carboxylic acids is 1. The first-order valence-electron chi connectivity index (χ1n) is 10.2. The minimum Gasteiger partial charge on any atom is -0.496 e. The number of carbonyl (C=O) groups is 1. The highest BCUT2D eigenvalue weighted by atomic mass is 32.2. The molecular formula is C21H34N4O3S. The molecule has 29 heavy (non-hydrogen) atoms. The van der Waals surface area contributed by atoms with Crippen LogP contribution in [-0.4, -0.2) is 69.1 Å². The molecule has 1 aromatic carbocycles. The third kappa shape index (κ3) is 7.68. The van der Waals surface area contributed by atoms with Gasteiger partial charge in [0, 0.05) is 43.4 Å². The molecule has 1 aromatic rings. The summed E-state index contributed by atoms with van der Waals surface area (Å²) in [7, 11) is 3.49. The number of ether oxygens (including phenoxy) is 2. The fourth-order valence-electron chi connectivity index (χ4n) is 3.11. The monoisotopic (exact) mass is 422 g/mol. The Hall–Kier alpha value is -2.09. The fourth-order valence-corrected chi connectivity index (χ4v) is 4.16. The molecular weight excluding hydrogens is 388 g/mol. The van der Waals surface area contributed by atoms with E-state index in [1.54, 1.807) is 30.8 Å². The Morgan fingerprint density at radius 1 is 1.34 bits per heavy atom. The van der Waals surface area contributed by atoms with Gasteiger partial charge in [0.2, 0.25) is 0 Å². The van der Waals surface area contributed by atoms with E-state index in [-0.39, 0.29) is 6.09 Å². The van der Waals surface area contributed by atoms with Crippen LogP contribution in [0.4, 0.5) is 4.79 Å². The van der Waals surface area contributed by atoms with Gasteiger partial charge >= 0.3 is 6.09 Å². The second kappa shape index (κ2) is 12.5. The number of aliphatic imine (C=N–C) groups is 1. The van der Waals surface area contributed by atoms with Crippen molar-refractivity contribution in [1.82, 2.24) is 15.5 Å². The predicted octanol–water partition coefficient (Wildman–Crippen LogP) is 3.21. The number of benzene rings is 1. The van der Waals surface area contributed by atoms with Crippen LogP contribution < -0.4 is 15.4 Å². The normalized spacial score (nSPS) is 16.3. The van der Waals surface area contributed by atoms with Crippen molar-refractivity contribution in [2.75, 3.05) is 46.2 Å². The van der Waals surface area contributed by atoms with E-state index in [2.05, 4.69) is 28.6 Å². The highest BCUT2D eigenvalue weighted by Crippen LogP contribution is 2.29. The Labute approximate surface area is 178 Å². The second-order valence-electron chi connectivity index (χ2n) is 7.12. The first-order valence-corrected chi connectivity index (χ1v) is 11.2. The molecule has 162 valence electrons. The van der Waals surface area contributed by atoms with E-state index in [1.165, 1.54) is 0 Å². The van der Waals surface area contributed by atoms with E-state index in [1.807, 2.05) is 25.1 Å². The van der Waals surface area contributed by atoms with Gasteiger partial charge < -0.3 is 25.0 Å². The van der Waals surface area contributed by atoms with Gasteiger partial charge in [-0.2, -0.15) is 0 Å². The summed E-state index contributed by atoms with van der Waals surface area (Å²) in [4.78, 5) is 19.1. The van der Waals surface area contributed by atoms with E-state index >= 15 is 0 Å². The lowest BCUT2D eigenvalue weighted by Gasteiger charge is -2.32. The highest BCUT2D eigenvalue weighted by Gasteiger charge is 2.24. The number of para-hydroxylation sites is 1. The predicted molar refractivity (Wildman–Crippen MR) is 119 cm³/mol. The summed E-state index contributed by atoms with van der Waals surface area (Å²) in [5.41, 5.74) is 0. The SMILES string of the molecule is CCOC(=O)N1CCC(NC(=NC)NCC(C)CSc2ccccc2OC)CC1. The molecule has 0 radical (unpaired) electrons. The maximum Gasteiger partial charge on any atom is 0.409 e. The zero-order chi connectivity index (χ0) is 21.1. The zero-order valence-corrected chi connectivity index (χ0v) is 18.8. The van der Waals surface area contributed by atoms with Crippen LogP contribution in [0.25, 0.3) is 0 Å². The summed E-state index contributed by atoms with van der Waals surface area (Å²) in [5, 5.41) is 6.90. The van der Waals surface area contributed by atoms with Crippen LogP contribution >= 0.6 is 11.8 Å². The topological polar surface area (TPSA) is 75.2 Å². The zero-order valence-electron chi connectivity index (χ0n) is 17.9. The molecule has 1 aliphatic heterocycles. The van der Waals surface area contributed by atoms with E-state index in [0.717, 1.165) is 41.7 Å². The number of piperidine rings is 1. The quantitative estimate of drug-likeness (QED) is 0.381. The lowest BCUT2D eigenvalue weighted by atomic mass is 10.1. The highest BCUT2D eigenvalue weighted by molar-refractivity contribution is 7.99. The van der Waals surface area contributed by atoms with Crippen molar-refractivity contribution in [3.63, 3.8) is 0 Å². The van der Waals surface area contributed by atoms with Crippen molar-refractivity contribution in [2.45, 2.75) is 37.6 Å². The summed E-state index contributed by atoms with van der Waals surface area (Å²) in [6.45, 7) is 6.72. The molecule has 1 aliphatic rings. The molecule has 1 fully saturated rings. The summed E-state index contributed by atoms with van der Waals surface area (Å²) < 4.78 is 10.5. The van der Waals surface area contributed by atoms with Crippen LogP contribution in [0.1, 0.15) is 26.7 Å². The molecule has 1 saturated heterocycles. The van der Waals surface area contributed by atoms with Gasteiger partial charge in [0.15, 0.2) is 5.96 Å².